The van der Waals surface area contributed by atoms with Crippen LogP contribution < -0.4 is 19.5 Å². The molecular formula is C16H17N3O3S. The van der Waals surface area contributed by atoms with Crippen LogP contribution in [0.4, 0.5) is 0 Å². The van der Waals surface area contributed by atoms with Crippen LogP contribution in [0.5, 0.6) is 17.2 Å². The maximum absolute atomic E-state index is 5.73. The molecule has 120 valence electrons. The van der Waals surface area contributed by atoms with Gasteiger partial charge in [0.05, 0.1) is 11.4 Å². The Morgan fingerprint density at radius 3 is 3.22 bits per heavy atom. The number of aromatic nitrogens is 2. The van der Waals surface area contributed by atoms with Gasteiger partial charge >= 0.3 is 0 Å². The van der Waals surface area contributed by atoms with Crippen LogP contribution in [0.2, 0.25) is 0 Å². The summed E-state index contributed by atoms with van der Waals surface area (Å²) in [4.78, 5) is 5.58. The van der Waals surface area contributed by atoms with E-state index >= 15 is 0 Å². The molecule has 0 aliphatic carbocycles. The summed E-state index contributed by atoms with van der Waals surface area (Å²) in [5.41, 5.74) is 2.27. The first-order valence-corrected chi connectivity index (χ1v) is 8.33. The van der Waals surface area contributed by atoms with Gasteiger partial charge in [0.1, 0.15) is 12.4 Å². The van der Waals surface area contributed by atoms with Gasteiger partial charge in [-0.2, -0.15) is 0 Å². The maximum atomic E-state index is 5.73. The second-order valence-corrected chi connectivity index (χ2v) is 6.11. The van der Waals surface area contributed by atoms with E-state index in [4.69, 9.17) is 14.2 Å². The number of rotatable bonds is 6. The summed E-state index contributed by atoms with van der Waals surface area (Å²) in [5, 5.41) is 5.45. The number of hydrogen-bond donors (Lipinski definition) is 1. The van der Waals surface area contributed by atoms with E-state index in [1.54, 1.807) is 11.3 Å². The van der Waals surface area contributed by atoms with E-state index in [1.165, 1.54) is 5.69 Å². The molecule has 1 aliphatic rings. The van der Waals surface area contributed by atoms with Crippen LogP contribution in [0.1, 0.15) is 11.4 Å². The van der Waals surface area contributed by atoms with E-state index in [-0.39, 0.29) is 6.79 Å². The topological polar surface area (TPSA) is 57.0 Å². The van der Waals surface area contributed by atoms with Crippen molar-refractivity contribution >= 4 is 16.3 Å². The Bertz CT molecular complexity index is 827. The molecule has 3 heterocycles. The van der Waals surface area contributed by atoms with Crippen molar-refractivity contribution in [3.63, 3.8) is 0 Å². The van der Waals surface area contributed by atoms with Crippen molar-refractivity contribution in [3.8, 4) is 17.2 Å². The summed E-state index contributed by atoms with van der Waals surface area (Å²) in [6, 6.07) is 5.62. The predicted octanol–water partition coefficient (Wildman–Crippen LogP) is 2.60. The largest absolute Gasteiger partial charge is 0.492 e. The number of aryl methyl sites for hydroxylation is 1. The number of fused-ring (bicyclic) bond motifs is 2. The van der Waals surface area contributed by atoms with Gasteiger partial charge in [0.15, 0.2) is 16.5 Å². The fraction of sp³-hybridized carbons (Fsp3) is 0.312. The van der Waals surface area contributed by atoms with Crippen LogP contribution in [0.25, 0.3) is 4.96 Å². The number of thiazole rings is 1. The molecule has 1 aromatic carbocycles. The van der Waals surface area contributed by atoms with Crippen molar-refractivity contribution in [2.45, 2.75) is 13.5 Å². The normalized spacial score (nSPS) is 12.9. The highest BCUT2D eigenvalue weighted by atomic mass is 32.1. The highest BCUT2D eigenvalue weighted by molar-refractivity contribution is 7.15. The first kappa shape index (κ1) is 14.3. The predicted molar refractivity (Wildman–Crippen MR) is 87.6 cm³/mol. The molecule has 2 aromatic heterocycles. The lowest BCUT2D eigenvalue weighted by Gasteiger charge is -2.08. The highest BCUT2D eigenvalue weighted by Gasteiger charge is 2.13. The van der Waals surface area contributed by atoms with Gasteiger partial charge in [0, 0.05) is 30.7 Å². The molecule has 0 bridgehead atoms. The molecule has 1 N–H and O–H groups in total. The Kier molecular flexibility index (Phi) is 3.80. The summed E-state index contributed by atoms with van der Waals surface area (Å²) in [6.45, 7) is 4.44. The second kappa shape index (κ2) is 6.10. The zero-order valence-electron chi connectivity index (χ0n) is 12.7. The van der Waals surface area contributed by atoms with Crippen molar-refractivity contribution in [2.75, 3.05) is 19.9 Å². The minimum absolute atomic E-state index is 0.280. The fourth-order valence-corrected chi connectivity index (χ4v) is 3.35. The molecular weight excluding hydrogens is 314 g/mol. The Hall–Kier alpha value is -2.25. The molecule has 0 spiro atoms. The third kappa shape index (κ3) is 2.85. The maximum Gasteiger partial charge on any atom is 0.231 e. The molecule has 0 amide bonds. The number of ether oxygens (including phenoxy) is 3. The average molecular weight is 331 g/mol. The molecule has 0 saturated carbocycles. The van der Waals surface area contributed by atoms with Crippen molar-refractivity contribution in [2.24, 2.45) is 0 Å². The molecule has 7 heteroatoms. The quantitative estimate of drug-likeness (QED) is 0.704. The number of benzene rings is 1. The molecule has 23 heavy (non-hydrogen) atoms. The van der Waals surface area contributed by atoms with E-state index in [0.29, 0.717) is 6.61 Å². The Morgan fingerprint density at radius 2 is 2.26 bits per heavy atom. The number of nitrogens with one attached hydrogen (secondary N) is 1. The highest BCUT2D eigenvalue weighted by Crippen LogP contribution is 2.34. The van der Waals surface area contributed by atoms with Crippen LogP contribution in [0.3, 0.4) is 0 Å². The van der Waals surface area contributed by atoms with Gasteiger partial charge in [-0.3, -0.25) is 4.40 Å². The molecule has 0 radical (unpaired) electrons. The third-order valence-corrected chi connectivity index (χ3v) is 4.50. The van der Waals surface area contributed by atoms with Crippen LogP contribution in [0.15, 0.2) is 29.8 Å². The lowest BCUT2D eigenvalue weighted by molar-refractivity contribution is 0.173. The van der Waals surface area contributed by atoms with Gasteiger partial charge in [0.2, 0.25) is 6.79 Å². The summed E-state index contributed by atoms with van der Waals surface area (Å²) in [7, 11) is 0. The van der Waals surface area contributed by atoms with Gasteiger partial charge < -0.3 is 19.5 Å². The minimum Gasteiger partial charge on any atom is -0.492 e. The fourth-order valence-electron chi connectivity index (χ4n) is 2.57. The van der Waals surface area contributed by atoms with E-state index in [2.05, 4.69) is 20.9 Å². The molecule has 0 unspecified atom stereocenters. The van der Waals surface area contributed by atoms with Crippen LogP contribution in [-0.4, -0.2) is 29.3 Å². The second-order valence-electron chi connectivity index (χ2n) is 5.24. The summed E-state index contributed by atoms with van der Waals surface area (Å²) < 4.78 is 18.5. The van der Waals surface area contributed by atoms with Gasteiger partial charge in [-0.15, -0.1) is 11.3 Å². The zero-order valence-corrected chi connectivity index (χ0v) is 13.6. The lowest BCUT2D eigenvalue weighted by atomic mass is 10.3. The first-order valence-electron chi connectivity index (χ1n) is 7.45. The van der Waals surface area contributed by atoms with Crippen LogP contribution in [0, 0.1) is 6.92 Å². The average Bonchev–Trinajstić information content (AvgIpc) is 3.24. The van der Waals surface area contributed by atoms with Gasteiger partial charge in [-0.25, -0.2) is 4.98 Å². The van der Waals surface area contributed by atoms with Gasteiger partial charge in [-0.1, -0.05) is 0 Å². The van der Waals surface area contributed by atoms with Crippen LogP contribution >= 0.6 is 11.3 Å². The number of imidazole rings is 1. The molecule has 3 aromatic rings. The monoisotopic (exact) mass is 331 g/mol. The van der Waals surface area contributed by atoms with E-state index in [0.717, 1.165) is 41.0 Å². The summed E-state index contributed by atoms with van der Waals surface area (Å²) in [6.07, 6.45) is 2.06. The van der Waals surface area contributed by atoms with E-state index < -0.39 is 0 Å². The minimum atomic E-state index is 0.280. The van der Waals surface area contributed by atoms with E-state index in [9.17, 15) is 0 Å². The van der Waals surface area contributed by atoms with Crippen LogP contribution in [-0.2, 0) is 6.54 Å². The molecule has 1 aliphatic heterocycles. The zero-order chi connectivity index (χ0) is 15.6. The van der Waals surface area contributed by atoms with Crippen molar-refractivity contribution in [1.82, 2.24) is 14.7 Å². The van der Waals surface area contributed by atoms with Crippen molar-refractivity contribution in [3.05, 3.63) is 41.2 Å². The number of nitrogens with zero attached hydrogens (tertiary/aromatic N) is 2. The lowest BCUT2D eigenvalue weighted by Crippen LogP contribution is -2.21. The SMILES string of the molecule is Cc1nc2sccn2c1CNCCOc1ccc2c(c1)OCO2. The molecule has 0 atom stereocenters. The Balaban J connectivity index is 1.27. The van der Waals surface area contributed by atoms with E-state index in [1.807, 2.05) is 30.5 Å². The van der Waals surface area contributed by atoms with Gasteiger partial charge in [0.25, 0.3) is 0 Å². The summed E-state index contributed by atoms with van der Waals surface area (Å²) >= 11 is 1.65. The summed E-state index contributed by atoms with van der Waals surface area (Å²) in [5.74, 6) is 2.30. The first-order chi connectivity index (χ1) is 11.3. The molecule has 6 nitrogen and oxygen atoms in total. The van der Waals surface area contributed by atoms with Crippen molar-refractivity contribution < 1.29 is 14.2 Å². The Labute approximate surface area is 137 Å². The molecule has 0 saturated heterocycles. The van der Waals surface area contributed by atoms with Gasteiger partial charge in [-0.05, 0) is 19.1 Å². The smallest absolute Gasteiger partial charge is 0.231 e. The van der Waals surface area contributed by atoms with Crippen molar-refractivity contribution in [1.29, 1.82) is 0 Å². The standard InChI is InChI=1S/C16H17N3O3S/c1-11-13(19-5-7-23-16(19)18-11)9-17-4-6-20-12-2-3-14-15(8-12)22-10-21-14/h2-3,5,7-8,17H,4,6,9-10H2,1H3. The Morgan fingerprint density at radius 1 is 1.35 bits per heavy atom. The molecule has 4 rings (SSSR count). The third-order valence-electron chi connectivity index (χ3n) is 3.75. The molecule has 0 fully saturated rings. The number of hydrogen-bond acceptors (Lipinski definition) is 6.